The largest absolute Gasteiger partial charge is 0.339 e. The van der Waals surface area contributed by atoms with Crippen LogP contribution in [0.5, 0.6) is 0 Å². The molecule has 0 radical (unpaired) electrons. The van der Waals surface area contributed by atoms with Crippen LogP contribution in [0.3, 0.4) is 0 Å². The maximum Gasteiger partial charge on any atom is 0.253 e. The molecule has 1 saturated heterocycles. The van der Waals surface area contributed by atoms with Gasteiger partial charge in [-0.15, -0.1) is 0 Å². The molecule has 0 bridgehead atoms. The van der Waals surface area contributed by atoms with Gasteiger partial charge in [-0.25, -0.2) is 0 Å². The van der Waals surface area contributed by atoms with Crippen molar-refractivity contribution in [2.45, 2.75) is 12.8 Å². The summed E-state index contributed by atoms with van der Waals surface area (Å²) >= 11 is 0. The Morgan fingerprint density at radius 3 is 2.68 bits per heavy atom. The normalized spacial score (nSPS) is 14.9. The molecule has 1 aromatic carbocycles. The van der Waals surface area contributed by atoms with Crippen LogP contribution >= 0.6 is 0 Å². The van der Waals surface area contributed by atoms with Gasteiger partial charge in [0.05, 0.1) is 6.20 Å². The summed E-state index contributed by atoms with van der Waals surface area (Å²) in [6.07, 6.45) is 6.01. The number of rotatable bonds is 2. The van der Waals surface area contributed by atoms with E-state index in [0.717, 1.165) is 42.6 Å². The van der Waals surface area contributed by atoms with Crippen LogP contribution in [0.15, 0.2) is 36.7 Å². The highest BCUT2D eigenvalue weighted by Gasteiger charge is 2.19. The van der Waals surface area contributed by atoms with Crippen LogP contribution in [-0.2, 0) is 7.05 Å². The van der Waals surface area contributed by atoms with Gasteiger partial charge in [0.15, 0.2) is 0 Å². The van der Waals surface area contributed by atoms with Crippen LogP contribution in [0.25, 0.3) is 11.1 Å². The maximum absolute atomic E-state index is 12.3. The number of hydrogen-bond donors (Lipinski definition) is 0. The smallest absolute Gasteiger partial charge is 0.253 e. The van der Waals surface area contributed by atoms with Crippen LogP contribution in [0, 0.1) is 0 Å². The third kappa shape index (κ3) is 2.38. The first kappa shape index (κ1) is 12.0. The first-order chi connectivity index (χ1) is 9.24. The number of carbonyl (C=O) groups is 1. The standard InChI is InChI=1S/C15H17N3O/c1-17-11-14(10-16-17)12-5-4-6-13(9-12)15(19)18-7-2-3-8-18/h4-6,9-11H,2-3,7-8H2,1H3. The highest BCUT2D eigenvalue weighted by Crippen LogP contribution is 2.21. The van der Waals surface area contributed by atoms with E-state index in [-0.39, 0.29) is 5.91 Å². The fraction of sp³-hybridized carbons (Fsp3) is 0.333. The third-order valence-electron chi connectivity index (χ3n) is 3.54. The van der Waals surface area contributed by atoms with Crippen LogP contribution in [0.1, 0.15) is 23.2 Å². The molecule has 3 rings (SSSR count). The summed E-state index contributed by atoms with van der Waals surface area (Å²) < 4.78 is 1.77. The number of hydrogen-bond acceptors (Lipinski definition) is 2. The second-order valence-corrected chi connectivity index (χ2v) is 4.98. The van der Waals surface area contributed by atoms with Crippen molar-refractivity contribution in [3.05, 3.63) is 42.2 Å². The van der Waals surface area contributed by atoms with Gasteiger partial charge < -0.3 is 4.90 Å². The lowest BCUT2D eigenvalue weighted by Gasteiger charge is -2.15. The Kier molecular flexibility index (Phi) is 3.07. The van der Waals surface area contributed by atoms with Crippen molar-refractivity contribution in [3.8, 4) is 11.1 Å². The first-order valence-electron chi connectivity index (χ1n) is 6.62. The van der Waals surface area contributed by atoms with E-state index >= 15 is 0 Å². The van der Waals surface area contributed by atoms with E-state index in [9.17, 15) is 4.79 Å². The van der Waals surface area contributed by atoms with E-state index in [2.05, 4.69) is 5.10 Å². The molecule has 1 fully saturated rings. The van der Waals surface area contributed by atoms with Gasteiger partial charge in [0.1, 0.15) is 0 Å². The van der Waals surface area contributed by atoms with E-state index < -0.39 is 0 Å². The maximum atomic E-state index is 12.3. The Hall–Kier alpha value is -2.10. The Morgan fingerprint density at radius 1 is 1.21 bits per heavy atom. The second-order valence-electron chi connectivity index (χ2n) is 4.98. The van der Waals surface area contributed by atoms with Crippen molar-refractivity contribution < 1.29 is 4.79 Å². The van der Waals surface area contributed by atoms with Crippen LogP contribution in [0.4, 0.5) is 0 Å². The Labute approximate surface area is 112 Å². The van der Waals surface area contributed by atoms with E-state index in [4.69, 9.17) is 0 Å². The lowest BCUT2D eigenvalue weighted by Crippen LogP contribution is -2.27. The quantitative estimate of drug-likeness (QED) is 0.826. The predicted octanol–water partition coefficient (Wildman–Crippen LogP) is 2.32. The number of carbonyl (C=O) groups excluding carboxylic acids is 1. The zero-order valence-corrected chi connectivity index (χ0v) is 11.0. The lowest BCUT2D eigenvalue weighted by atomic mass is 10.1. The average Bonchev–Trinajstić information content (AvgIpc) is 3.09. The highest BCUT2D eigenvalue weighted by atomic mass is 16.2. The molecule has 98 valence electrons. The Morgan fingerprint density at radius 2 is 2.00 bits per heavy atom. The van der Waals surface area contributed by atoms with Crippen LogP contribution < -0.4 is 0 Å². The summed E-state index contributed by atoms with van der Waals surface area (Å²) in [5.41, 5.74) is 2.85. The minimum Gasteiger partial charge on any atom is -0.339 e. The van der Waals surface area contributed by atoms with Crippen molar-refractivity contribution in [3.63, 3.8) is 0 Å². The molecule has 4 nitrogen and oxygen atoms in total. The van der Waals surface area contributed by atoms with E-state index in [0.29, 0.717) is 0 Å². The molecule has 2 aromatic rings. The van der Waals surface area contributed by atoms with Gasteiger partial charge in [0.2, 0.25) is 0 Å². The van der Waals surface area contributed by atoms with Gasteiger partial charge in [-0.2, -0.15) is 5.10 Å². The molecule has 0 atom stereocenters. The number of aromatic nitrogens is 2. The number of amides is 1. The zero-order chi connectivity index (χ0) is 13.2. The molecule has 0 N–H and O–H groups in total. The van der Waals surface area contributed by atoms with Gasteiger partial charge in [0, 0.05) is 37.5 Å². The van der Waals surface area contributed by atoms with Crippen LogP contribution in [0.2, 0.25) is 0 Å². The molecular formula is C15H17N3O. The zero-order valence-electron chi connectivity index (χ0n) is 11.0. The van der Waals surface area contributed by atoms with Crippen molar-refractivity contribution in [2.24, 2.45) is 7.05 Å². The summed E-state index contributed by atoms with van der Waals surface area (Å²) in [5.74, 6) is 0.142. The van der Waals surface area contributed by atoms with Gasteiger partial charge in [-0.3, -0.25) is 9.48 Å². The Bertz CT molecular complexity index is 597. The predicted molar refractivity (Wildman–Crippen MR) is 73.8 cm³/mol. The molecule has 1 amide bonds. The number of nitrogens with zero attached hydrogens (tertiary/aromatic N) is 3. The van der Waals surface area contributed by atoms with E-state index in [1.165, 1.54) is 0 Å². The minimum absolute atomic E-state index is 0.142. The monoisotopic (exact) mass is 255 g/mol. The topological polar surface area (TPSA) is 38.1 Å². The SMILES string of the molecule is Cn1cc(-c2cccc(C(=O)N3CCCC3)c2)cn1. The summed E-state index contributed by atoms with van der Waals surface area (Å²) in [5, 5.41) is 4.17. The van der Waals surface area contributed by atoms with Crippen molar-refractivity contribution >= 4 is 5.91 Å². The molecule has 0 spiro atoms. The molecule has 19 heavy (non-hydrogen) atoms. The molecule has 4 heteroatoms. The number of likely N-dealkylation sites (tertiary alicyclic amines) is 1. The van der Waals surface area contributed by atoms with Gasteiger partial charge in [0.25, 0.3) is 5.91 Å². The van der Waals surface area contributed by atoms with Gasteiger partial charge >= 0.3 is 0 Å². The number of benzene rings is 1. The molecular weight excluding hydrogens is 238 g/mol. The van der Waals surface area contributed by atoms with Crippen molar-refractivity contribution in [1.82, 2.24) is 14.7 Å². The van der Waals surface area contributed by atoms with Crippen molar-refractivity contribution in [1.29, 1.82) is 0 Å². The fourth-order valence-electron chi connectivity index (χ4n) is 2.50. The lowest BCUT2D eigenvalue weighted by molar-refractivity contribution is 0.0793. The molecule has 0 unspecified atom stereocenters. The molecule has 1 aromatic heterocycles. The second kappa shape index (κ2) is 4.88. The average molecular weight is 255 g/mol. The van der Waals surface area contributed by atoms with E-state index in [1.807, 2.05) is 48.6 Å². The molecule has 0 aliphatic carbocycles. The molecule has 2 heterocycles. The van der Waals surface area contributed by atoms with E-state index in [1.54, 1.807) is 4.68 Å². The summed E-state index contributed by atoms with van der Waals surface area (Å²) in [4.78, 5) is 14.3. The molecule has 0 saturated carbocycles. The minimum atomic E-state index is 0.142. The van der Waals surface area contributed by atoms with Crippen LogP contribution in [-0.4, -0.2) is 33.7 Å². The summed E-state index contributed by atoms with van der Waals surface area (Å²) in [6, 6.07) is 7.79. The third-order valence-corrected chi connectivity index (χ3v) is 3.54. The number of aryl methyl sites for hydroxylation is 1. The first-order valence-corrected chi connectivity index (χ1v) is 6.62. The fourth-order valence-corrected chi connectivity index (χ4v) is 2.50. The summed E-state index contributed by atoms with van der Waals surface area (Å²) in [6.45, 7) is 1.77. The summed E-state index contributed by atoms with van der Waals surface area (Å²) in [7, 11) is 1.89. The highest BCUT2D eigenvalue weighted by molar-refractivity contribution is 5.95. The van der Waals surface area contributed by atoms with Gasteiger partial charge in [-0.1, -0.05) is 12.1 Å². The molecule has 1 aliphatic heterocycles. The van der Waals surface area contributed by atoms with Crippen molar-refractivity contribution in [2.75, 3.05) is 13.1 Å². The van der Waals surface area contributed by atoms with Gasteiger partial charge in [-0.05, 0) is 30.5 Å². The molecule has 1 aliphatic rings. The Balaban J connectivity index is 1.89.